The average molecular weight is 716 g/mol. The molecule has 2 nitrogen and oxygen atoms in total. The Hall–Kier alpha value is 0.287. The number of rotatable bonds is 24. The van der Waals surface area contributed by atoms with E-state index in [1.54, 1.807) is 0 Å². The van der Waals surface area contributed by atoms with E-state index in [9.17, 15) is 4.79 Å². The van der Waals surface area contributed by atoms with Crippen molar-refractivity contribution in [3.05, 3.63) is 35.9 Å². The predicted octanol–water partition coefficient (Wildman–Crippen LogP) is 9.35. The molecule has 0 unspecified atom stereocenters. The zero-order valence-corrected chi connectivity index (χ0v) is 26.6. The fourth-order valence-electron chi connectivity index (χ4n) is 5.25. The molecule has 0 aliphatic heterocycles. The fraction of sp³-hybridized carbons (Fsp3) is 0.781. The van der Waals surface area contributed by atoms with Crippen LogP contribution in [0.25, 0.3) is 0 Å². The van der Waals surface area contributed by atoms with Gasteiger partial charge in [0.1, 0.15) is 0 Å². The van der Waals surface area contributed by atoms with Crippen LogP contribution in [0.5, 0.6) is 0 Å². The molecular weight excluding hydrogens is 654 g/mol. The molecule has 0 bridgehead atoms. The van der Waals surface area contributed by atoms with Gasteiger partial charge < -0.3 is 0 Å². The molecule has 4 heteroatoms. The Morgan fingerprint density at radius 3 is 1.33 bits per heavy atom. The normalized spacial score (nSPS) is 11.3. The van der Waals surface area contributed by atoms with Crippen LogP contribution < -0.4 is 0 Å². The van der Waals surface area contributed by atoms with Crippen molar-refractivity contribution >= 4 is 48.7 Å². The second-order valence-corrected chi connectivity index (χ2v) is 22.5. The molecule has 0 amide bonds. The molecule has 0 spiro atoms. The van der Waals surface area contributed by atoms with Gasteiger partial charge >= 0.3 is 249 Å². The number of unbranched alkanes of at least 4 members (excludes halogenated alkanes) is 15. The van der Waals surface area contributed by atoms with Gasteiger partial charge in [-0.1, -0.05) is 0 Å². The number of benzene rings is 1. The summed E-state index contributed by atoms with van der Waals surface area (Å²) >= 11 is -2.99. The number of hydrogen-bond donors (Lipinski definition) is 0. The summed E-state index contributed by atoms with van der Waals surface area (Å²) in [6, 6.07) is 10.2. The third kappa shape index (κ3) is 19.4. The first-order chi connectivity index (χ1) is 17.2. The van der Waals surface area contributed by atoms with E-state index >= 15 is 0 Å². The molecule has 0 N–H and O–H groups in total. The van der Waals surface area contributed by atoms with Crippen molar-refractivity contribution in [2.24, 2.45) is 0 Å². The van der Waals surface area contributed by atoms with Crippen LogP contribution in [-0.4, -0.2) is 48.7 Å². The molecule has 0 aromatic heterocycles. The monoisotopic (exact) mass is 718 g/mol. The molecule has 0 fully saturated rings. The third-order valence-electron chi connectivity index (χ3n) is 7.48. The van der Waals surface area contributed by atoms with Crippen LogP contribution in [0, 0.1) is 0 Å². The molecule has 0 atom stereocenters. The maximum absolute atomic E-state index is 13.2. The molecule has 36 heavy (non-hydrogen) atoms. The van der Waals surface area contributed by atoms with Crippen LogP contribution in [-0.2, 0) is 14.3 Å². The minimum absolute atomic E-state index is 0. The summed E-state index contributed by atoms with van der Waals surface area (Å²) in [5.41, 5.74) is 1.09. The summed E-state index contributed by atoms with van der Waals surface area (Å²) in [4.78, 5) is 13.2. The Morgan fingerprint density at radius 2 is 0.944 bits per heavy atom. The molecule has 0 saturated heterocycles. The Morgan fingerprint density at radius 1 is 0.583 bits per heavy atom. The molecule has 0 aliphatic rings. The van der Waals surface area contributed by atoms with Crippen molar-refractivity contribution in [1.29, 1.82) is 0 Å². The van der Waals surface area contributed by atoms with Crippen molar-refractivity contribution < 1.29 is 7.87 Å². The minimum atomic E-state index is -2.99. The van der Waals surface area contributed by atoms with Gasteiger partial charge in [0.15, 0.2) is 0 Å². The standard InChI is InChI=1S/C8H8O2.3C8H17.2Sn.4H/c9-8(10)6-7-4-2-1-3-5-7;3*1-3-5-7-8-6-4-2;;;;;;/h1-5H,6H2,(H,9,10);3*1,3-8H2,2H3;;;;;;/q;;;;;+1;;;;/p-1. The molecule has 1 rings (SSSR count). The van der Waals surface area contributed by atoms with Crippen molar-refractivity contribution in [3.63, 3.8) is 0 Å². The fourth-order valence-corrected chi connectivity index (χ4v) is 17.5. The van der Waals surface area contributed by atoms with E-state index in [0.717, 1.165) is 5.56 Å². The maximum atomic E-state index is 13.2. The SMILES string of the molecule is CCCCCCC[CH2][Sn]([CH2]CCCCCCC)([CH2]CCCCCCC)[O]C(=O)Cc1ccccc1.[SnH4]. The summed E-state index contributed by atoms with van der Waals surface area (Å²) in [7, 11) is 0. The summed E-state index contributed by atoms with van der Waals surface area (Å²) in [5.74, 6) is 0.0648. The first-order valence-corrected chi connectivity index (χ1v) is 22.6. The summed E-state index contributed by atoms with van der Waals surface area (Å²) in [6.45, 7) is 6.86. The summed E-state index contributed by atoms with van der Waals surface area (Å²) in [5, 5.41) is 0. The van der Waals surface area contributed by atoms with Gasteiger partial charge in [0.25, 0.3) is 0 Å². The second-order valence-electron chi connectivity index (χ2n) is 10.9. The predicted molar refractivity (Wildman–Crippen MR) is 168 cm³/mol. The van der Waals surface area contributed by atoms with E-state index in [-0.39, 0.29) is 29.9 Å². The van der Waals surface area contributed by atoms with Gasteiger partial charge in [-0.25, -0.2) is 0 Å². The van der Waals surface area contributed by atoms with Crippen LogP contribution in [0.15, 0.2) is 30.3 Å². The van der Waals surface area contributed by atoms with Crippen molar-refractivity contribution in [3.8, 4) is 0 Å². The van der Waals surface area contributed by atoms with Crippen molar-refractivity contribution in [2.45, 2.75) is 156 Å². The summed E-state index contributed by atoms with van der Waals surface area (Å²) in [6.07, 6.45) is 24.4. The molecule has 0 saturated carbocycles. The number of hydrogen-bond acceptors (Lipinski definition) is 2. The zero-order chi connectivity index (χ0) is 25.5. The Bertz CT molecular complexity index is 565. The molecule has 0 heterocycles. The molecule has 1 aromatic rings. The zero-order valence-electron chi connectivity index (χ0n) is 23.8. The van der Waals surface area contributed by atoms with Gasteiger partial charge in [-0.15, -0.1) is 0 Å². The summed E-state index contributed by atoms with van der Waals surface area (Å²) < 4.78 is 10.5. The van der Waals surface area contributed by atoms with Gasteiger partial charge in [0, 0.05) is 0 Å². The van der Waals surface area contributed by atoms with Gasteiger partial charge in [0.2, 0.25) is 0 Å². The Labute approximate surface area is 246 Å². The third-order valence-corrected chi connectivity index (χ3v) is 20.2. The van der Waals surface area contributed by atoms with E-state index < -0.39 is 18.8 Å². The molecular formula is C32H62O2Sn2. The van der Waals surface area contributed by atoms with Crippen LogP contribution in [0.3, 0.4) is 0 Å². The van der Waals surface area contributed by atoms with E-state index in [4.69, 9.17) is 3.07 Å². The second kappa shape index (κ2) is 25.6. The van der Waals surface area contributed by atoms with Crippen LogP contribution in [0.2, 0.25) is 13.3 Å². The number of carbonyl (C=O) groups is 1. The number of carbonyl (C=O) groups excluding carboxylic acids is 1. The van der Waals surface area contributed by atoms with E-state index in [0.29, 0.717) is 6.42 Å². The first kappa shape index (κ1) is 36.3. The molecule has 1 aromatic carbocycles. The Balaban J connectivity index is 0.0000122. The van der Waals surface area contributed by atoms with Crippen molar-refractivity contribution in [1.82, 2.24) is 0 Å². The Kier molecular flexibility index (Phi) is 25.8. The topological polar surface area (TPSA) is 26.3 Å². The quantitative estimate of drug-likeness (QED) is 0.0788. The van der Waals surface area contributed by atoms with E-state index in [1.807, 2.05) is 18.2 Å². The first-order valence-electron chi connectivity index (χ1n) is 15.4. The van der Waals surface area contributed by atoms with Gasteiger partial charge in [-0.05, 0) is 0 Å². The van der Waals surface area contributed by atoms with Crippen LogP contribution >= 0.6 is 0 Å². The van der Waals surface area contributed by atoms with Crippen molar-refractivity contribution in [2.75, 3.05) is 0 Å². The van der Waals surface area contributed by atoms with Gasteiger partial charge in [-0.3, -0.25) is 0 Å². The molecule has 0 aliphatic carbocycles. The van der Waals surface area contributed by atoms with Crippen LogP contribution in [0.4, 0.5) is 0 Å². The molecule has 0 radical (unpaired) electrons. The molecule has 210 valence electrons. The van der Waals surface area contributed by atoms with Crippen LogP contribution in [0.1, 0.15) is 142 Å². The van der Waals surface area contributed by atoms with Gasteiger partial charge in [0.05, 0.1) is 0 Å². The van der Waals surface area contributed by atoms with Gasteiger partial charge in [-0.2, -0.15) is 0 Å². The van der Waals surface area contributed by atoms with E-state index in [1.165, 1.54) is 129 Å². The van der Waals surface area contributed by atoms with E-state index in [2.05, 4.69) is 32.9 Å². The average Bonchev–Trinajstić information content (AvgIpc) is 2.86.